The first-order valence-electron chi connectivity index (χ1n) is 5.83. The van der Waals surface area contributed by atoms with Crippen LogP contribution in [0.15, 0.2) is 18.5 Å². The van der Waals surface area contributed by atoms with Crippen molar-refractivity contribution >= 4 is 0 Å². The zero-order valence-corrected chi connectivity index (χ0v) is 9.32. The van der Waals surface area contributed by atoms with E-state index in [4.69, 9.17) is 0 Å². The van der Waals surface area contributed by atoms with E-state index < -0.39 is 0 Å². The predicted molar refractivity (Wildman–Crippen MR) is 60.5 cm³/mol. The fraction of sp³-hybridized carbons (Fsp3) is 0.667. The van der Waals surface area contributed by atoms with Crippen molar-refractivity contribution in [1.29, 1.82) is 0 Å². The molecule has 0 bridgehead atoms. The first-order chi connectivity index (χ1) is 7.29. The third-order valence-electron chi connectivity index (χ3n) is 3.03. The second kappa shape index (κ2) is 4.81. The number of aromatic nitrogens is 1. The molecule has 0 aromatic carbocycles. The first kappa shape index (κ1) is 10.7. The quantitative estimate of drug-likeness (QED) is 0.741. The van der Waals surface area contributed by atoms with Crippen LogP contribution in [0.5, 0.6) is 0 Å². The van der Waals surface area contributed by atoms with E-state index >= 15 is 0 Å². The van der Waals surface area contributed by atoms with Gasteiger partial charge in [0.1, 0.15) is 0 Å². The summed E-state index contributed by atoms with van der Waals surface area (Å²) in [5, 5.41) is 12.9. The summed E-state index contributed by atoms with van der Waals surface area (Å²) in [5.41, 5.74) is 1.29. The maximum absolute atomic E-state index is 9.65. The van der Waals surface area contributed by atoms with Crippen LogP contribution in [0.25, 0.3) is 0 Å². The van der Waals surface area contributed by atoms with Gasteiger partial charge in [-0.15, -0.1) is 0 Å². The molecule has 0 amide bonds. The third kappa shape index (κ3) is 3.08. The van der Waals surface area contributed by atoms with Crippen molar-refractivity contribution in [2.45, 2.75) is 39.0 Å². The van der Waals surface area contributed by atoms with Crippen molar-refractivity contribution in [2.75, 3.05) is 6.54 Å². The summed E-state index contributed by atoms with van der Waals surface area (Å²) in [6.07, 6.45) is 6.51. The van der Waals surface area contributed by atoms with Gasteiger partial charge in [0, 0.05) is 32.0 Å². The number of aryl methyl sites for hydroxylation is 1. The third-order valence-corrected chi connectivity index (χ3v) is 3.03. The molecule has 1 heterocycles. The fourth-order valence-electron chi connectivity index (χ4n) is 1.80. The highest BCUT2D eigenvalue weighted by atomic mass is 16.3. The number of hydrogen-bond donors (Lipinski definition) is 2. The number of hydrogen-bond acceptors (Lipinski definition) is 2. The lowest BCUT2D eigenvalue weighted by Crippen LogP contribution is -2.27. The predicted octanol–water partition coefficient (Wildman–Crippen LogP) is 1.37. The van der Waals surface area contributed by atoms with Crippen LogP contribution >= 0.6 is 0 Å². The Morgan fingerprint density at radius 2 is 2.40 bits per heavy atom. The largest absolute Gasteiger partial charge is 0.392 e. The maximum Gasteiger partial charge on any atom is 0.0692 e. The summed E-state index contributed by atoms with van der Waals surface area (Å²) < 4.78 is 2.16. The van der Waals surface area contributed by atoms with Crippen LogP contribution in [-0.4, -0.2) is 22.3 Å². The molecule has 0 saturated heterocycles. The topological polar surface area (TPSA) is 37.2 Å². The molecule has 1 unspecified atom stereocenters. The molecule has 2 N–H and O–H groups in total. The van der Waals surface area contributed by atoms with E-state index in [9.17, 15) is 5.11 Å². The molecule has 1 fully saturated rings. The molecule has 3 heteroatoms. The van der Waals surface area contributed by atoms with Gasteiger partial charge in [-0.05, 0) is 37.3 Å². The lowest BCUT2D eigenvalue weighted by molar-refractivity contribution is 0.148. The van der Waals surface area contributed by atoms with E-state index in [1.54, 1.807) is 0 Å². The average Bonchev–Trinajstić information content (AvgIpc) is 2.99. The molecule has 1 aromatic heterocycles. The zero-order chi connectivity index (χ0) is 10.7. The van der Waals surface area contributed by atoms with Crippen molar-refractivity contribution in [2.24, 2.45) is 5.92 Å². The monoisotopic (exact) mass is 208 g/mol. The smallest absolute Gasteiger partial charge is 0.0692 e. The molecule has 1 aliphatic carbocycles. The molecule has 0 spiro atoms. The molecular weight excluding hydrogens is 188 g/mol. The molecule has 1 atom stereocenters. The van der Waals surface area contributed by atoms with E-state index in [1.807, 2.05) is 0 Å². The van der Waals surface area contributed by atoms with Crippen LogP contribution in [0.1, 0.15) is 25.3 Å². The minimum absolute atomic E-state index is 0.140. The summed E-state index contributed by atoms with van der Waals surface area (Å²) in [4.78, 5) is 0. The van der Waals surface area contributed by atoms with Crippen LogP contribution in [0.2, 0.25) is 0 Å². The number of nitrogens with zero attached hydrogens (tertiary/aromatic N) is 1. The number of aliphatic hydroxyl groups excluding tert-OH is 1. The molecule has 2 rings (SSSR count). The second-order valence-electron chi connectivity index (χ2n) is 4.39. The van der Waals surface area contributed by atoms with Gasteiger partial charge in [-0.3, -0.25) is 0 Å². The standard InChI is InChI=1S/C12H20N2O/c1-2-14-6-5-10(9-14)7-13-8-12(15)11-3-4-11/h5-6,9,11-13,15H,2-4,7-8H2,1H3. The van der Waals surface area contributed by atoms with E-state index in [-0.39, 0.29) is 6.10 Å². The Balaban J connectivity index is 1.68. The zero-order valence-electron chi connectivity index (χ0n) is 9.32. The Hall–Kier alpha value is -0.800. The van der Waals surface area contributed by atoms with Crippen LogP contribution < -0.4 is 5.32 Å². The Bertz CT molecular complexity index is 304. The van der Waals surface area contributed by atoms with Crippen molar-refractivity contribution < 1.29 is 5.11 Å². The van der Waals surface area contributed by atoms with Crippen LogP contribution in [-0.2, 0) is 13.1 Å². The molecular formula is C12H20N2O. The summed E-state index contributed by atoms with van der Waals surface area (Å²) in [5.74, 6) is 0.567. The van der Waals surface area contributed by atoms with Gasteiger partial charge in [-0.25, -0.2) is 0 Å². The van der Waals surface area contributed by atoms with Crippen LogP contribution in [0.4, 0.5) is 0 Å². The first-order valence-corrected chi connectivity index (χ1v) is 5.83. The SMILES string of the molecule is CCn1ccc(CNCC(O)C2CC2)c1. The van der Waals surface area contributed by atoms with Gasteiger partial charge in [0.2, 0.25) is 0 Å². The number of nitrogens with one attached hydrogen (secondary N) is 1. The summed E-state index contributed by atoms with van der Waals surface area (Å²) >= 11 is 0. The lowest BCUT2D eigenvalue weighted by atomic mass is 10.2. The highest BCUT2D eigenvalue weighted by Gasteiger charge is 2.28. The highest BCUT2D eigenvalue weighted by molar-refractivity contribution is 5.09. The molecule has 1 saturated carbocycles. The van der Waals surface area contributed by atoms with E-state index in [0.717, 1.165) is 19.6 Å². The lowest BCUT2D eigenvalue weighted by Gasteiger charge is -2.09. The molecule has 15 heavy (non-hydrogen) atoms. The normalized spacial score (nSPS) is 18.0. The van der Waals surface area contributed by atoms with Gasteiger partial charge >= 0.3 is 0 Å². The van der Waals surface area contributed by atoms with Gasteiger partial charge in [0.25, 0.3) is 0 Å². The summed E-state index contributed by atoms with van der Waals surface area (Å²) in [6, 6.07) is 2.13. The minimum Gasteiger partial charge on any atom is -0.392 e. The van der Waals surface area contributed by atoms with E-state index in [0.29, 0.717) is 5.92 Å². The fourth-order valence-corrected chi connectivity index (χ4v) is 1.80. The van der Waals surface area contributed by atoms with Crippen LogP contribution in [0.3, 0.4) is 0 Å². The Morgan fingerprint density at radius 1 is 1.60 bits per heavy atom. The molecule has 3 nitrogen and oxygen atoms in total. The van der Waals surface area contributed by atoms with Crippen molar-refractivity contribution in [3.63, 3.8) is 0 Å². The number of aliphatic hydroxyl groups is 1. The van der Waals surface area contributed by atoms with Gasteiger partial charge in [0.15, 0.2) is 0 Å². The van der Waals surface area contributed by atoms with E-state index in [1.165, 1.54) is 18.4 Å². The summed E-state index contributed by atoms with van der Waals surface area (Å²) in [6.45, 7) is 4.73. The molecule has 1 aliphatic rings. The van der Waals surface area contributed by atoms with Gasteiger partial charge in [0.05, 0.1) is 6.10 Å². The Kier molecular flexibility index (Phi) is 3.44. The molecule has 0 radical (unpaired) electrons. The molecule has 84 valence electrons. The average molecular weight is 208 g/mol. The van der Waals surface area contributed by atoms with Gasteiger partial charge in [-0.1, -0.05) is 0 Å². The van der Waals surface area contributed by atoms with Crippen molar-refractivity contribution in [1.82, 2.24) is 9.88 Å². The Morgan fingerprint density at radius 3 is 3.00 bits per heavy atom. The maximum atomic E-state index is 9.65. The highest BCUT2D eigenvalue weighted by Crippen LogP contribution is 2.32. The van der Waals surface area contributed by atoms with Gasteiger partial charge < -0.3 is 15.0 Å². The van der Waals surface area contributed by atoms with Crippen molar-refractivity contribution in [3.05, 3.63) is 24.0 Å². The Labute approximate surface area is 91.1 Å². The second-order valence-corrected chi connectivity index (χ2v) is 4.39. The van der Waals surface area contributed by atoms with Crippen LogP contribution in [0, 0.1) is 5.92 Å². The minimum atomic E-state index is -0.140. The van der Waals surface area contributed by atoms with Gasteiger partial charge in [-0.2, -0.15) is 0 Å². The molecule has 1 aromatic rings. The van der Waals surface area contributed by atoms with Crippen molar-refractivity contribution in [3.8, 4) is 0 Å². The van der Waals surface area contributed by atoms with E-state index in [2.05, 4.69) is 35.3 Å². The molecule has 0 aliphatic heterocycles. The summed E-state index contributed by atoms with van der Waals surface area (Å²) in [7, 11) is 0. The number of rotatable bonds is 6.